The number of rotatable bonds is 3. The van der Waals surface area contributed by atoms with Crippen LogP contribution in [0, 0.1) is 0 Å². The highest BCUT2D eigenvalue weighted by molar-refractivity contribution is 7.19. The van der Waals surface area contributed by atoms with Gasteiger partial charge in [0, 0.05) is 12.6 Å². The summed E-state index contributed by atoms with van der Waals surface area (Å²) in [5.74, 6) is -0.353. The van der Waals surface area contributed by atoms with E-state index in [2.05, 4.69) is 5.16 Å². The molecule has 2 N–H and O–H groups in total. The van der Waals surface area contributed by atoms with Crippen LogP contribution in [0.25, 0.3) is 10.6 Å². The molecule has 2 aromatic heterocycles. The van der Waals surface area contributed by atoms with Gasteiger partial charge in [0.25, 0.3) is 5.91 Å². The molecule has 8 heteroatoms. The quantitative estimate of drug-likeness (QED) is 0.936. The number of hydrogen-bond acceptors (Lipinski definition) is 5. The highest BCUT2D eigenvalue weighted by atomic mass is 35.5. The number of carbonyl (C=O) groups excluding carboxylic acids is 2. The molecule has 1 saturated heterocycles. The van der Waals surface area contributed by atoms with E-state index in [1.54, 1.807) is 18.2 Å². The minimum Gasteiger partial charge on any atom is -0.368 e. The third kappa shape index (κ3) is 2.66. The van der Waals surface area contributed by atoms with E-state index in [-0.39, 0.29) is 11.6 Å². The van der Waals surface area contributed by atoms with Gasteiger partial charge in [-0.05, 0) is 25.0 Å². The monoisotopic (exact) mass is 325 g/mol. The summed E-state index contributed by atoms with van der Waals surface area (Å²) in [5.41, 5.74) is 5.48. The molecule has 0 spiro atoms. The first kappa shape index (κ1) is 14.1. The molecule has 21 heavy (non-hydrogen) atoms. The normalized spacial score (nSPS) is 18.1. The molecule has 1 fully saturated rings. The van der Waals surface area contributed by atoms with Crippen molar-refractivity contribution in [2.45, 2.75) is 18.9 Å². The SMILES string of the molecule is NC(=O)[C@H]1CCCN1C(=O)c1cc(-c2ccc(Cl)s2)on1. The lowest BCUT2D eigenvalue weighted by Gasteiger charge is -2.20. The van der Waals surface area contributed by atoms with Gasteiger partial charge >= 0.3 is 0 Å². The molecule has 2 amide bonds. The zero-order valence-corrected chi connectivity index (χ0v) is 12.5. The van der Waals surface area contributed by atoms with Gasteiger partial charge in [-0.2, -0.15) is 0 Å². The fourth-order valence-electron chi connectivity index (χ4n) is 2.39. The zero-order chi connectivity index (χ0) is 15.0. The van der Waals surface area contributed by atoms with Crippen LogP contribution in [0.3, 0.4) is 0 Å². The van der Waals surface area contributed by atoms with Gasteiger partial charge in [0.1, 0.15) is 6.04 Å². The average molecular weight is 326 g/mol. The molecule has 0 saturated carbocycles. The topological polar surface area (TPSA) is 89.4 Å². The van der Waals surface area contributed by atoms with Crippen LogP contribution in [0.1, 0.15) is 23.3 Å². The maximum absolute atomic E-state index is 12.4. The highest BCUT2D eigenvalue weighted by Gasteiger charge is 2.34. The van der Waals surface area contributed by atoms with Crippen molar-refractivity contribution in [3.05, 3.63) is 28.2 Å². The number of primary amides is 1. The number of aromatic nitrogens is 1. The molecule has 1 atom stereocenters. The summed E-state index contributed by atoms with van der Waals surface area (Å²) in [7, 11) is 0. The number of nitrogens with zero attached hydrogens (tertiary/aromatic N) is 2. The summed E-state index contributed by atoms with van der Waals surface area (Å²) < 4.78 is 5.81. The van der Waals surface area contributed by atoms with Crippen molar-refractivity contribution in [3.8, 4) is 10.6 Å². The van der Waals surface area contributed by atoms with Crippen molar-refractivity contribution in [1.29, 1.82) is 0 Å². The first-order valence-corrected chi connectivity index (χ1v) is 7.58. The van der Waals surface area contributed by atoms with E-state index in [9.17, 15) is 9.59 Å². The van der Waals surface area contributed by atoms with Gasteiger partial charge in [-0.25, -0.2) is 0 Å². The number of thiophene rings is 1. The molecule has 2 aromatic rings. The van der Waals surface area contributed by atoms with E-state index in [0.29, 0.717) is 23.1 Å². The van der Waals surface area contributed by atoms with Crippen LogP contribution in [0.2, 0.25) is 4.34 Å². The lowest BCUT2D eigenvalue weighted by molar-refractivity contribution is -0.121. The average Bonchev–Trinajstić information content (AvgIpc) is 3.17. The van der Waals surface area contributed by atoms with E-state index in [1.165, 1.54) is 16.2 Å². The van der Waals surface area contributed by atoms with Crippen molar-refractivity contribution in [2.24, 2.45) is 5.73 Å². The van der Waals surface area contributed by atoms with Crippen molar-refractivity contribution >= 4 is 34.8 Å². The van der Waals surface area contributed by atoms with Crippen molar-refractivity contribution in [1.82, 2.24) is 10.1 Å². The fraction of sp³-hybridized carbons (Fsp3) is 0.308. The molecule has 6 nitrogen and oxygen atoms in total. The maximum Gasteiger partial charge on any atom is 0.276 e. The lowest BCUT2D eigenvalue weighted by Crippen LogP contribution is -2.43. The van der Waals surface area contributed by atoms with E-state index >= 15 is 0 Å². The Morgan fingerprint density at radius 1 is 1.48 bits per heavy atom. The third-order valence-corrected chi connectivity index (χ3v) is 4.63. The molecule has 0 aliphatic carbocycles. The van der Waals surface area contributed by atoms with Crippen LogP contribution in [-0.4, -0.2) is 34.5 Å². The molecule has 1 aliphatic rings. The zero-order valence-electron chi connectivity index (χ0n) is 10.9. The van der Waals surface area contributed by atoms with Crippen LogP contribution in [0.5, 0.6) is 0 Å². The molecular formula is C13H12ClN3O3S. The molecular weight excluding hydrogens is 314 g/mol. The van der Waals surface area contributed by atoms with Gasteiger partial charge in [0.15, 0.2) is 11.5 Å². The van der Waals surface area contributed by atoms with Gasteiger partial charge in [-0.1, -0.05) is 16.8 Å². The Bertz CT molecular complexity index is 696. The molecule has 110 valence electrons. The van der Waals surface area contributed by atoms with E-state index < -0.39 is 11.9 Å². The second kappa shape index (κ2) is 5.50. The lowest BCUT2D eigenvalue weighted by atomic mass is 10.2. The van der Waals surface area contributed by atoms with Gasteiger partial charge < -0.3 is 15.2 Å². The van der Waals surface area contributed by atoms with Crippen LogP contribution >= 0.6 is 22.9 Å². The predicted octanol–water partition coefficient (Wildman–Crippen LogP) is 2.15. The summed E-state index contributed by atoms with van der Waals surface area (Å²) in [6.45, 7) is 0.499. The summed E-state index contributed by atoms with van der Waals surface area (Å²) in [6, 6.07) is 4.54. The number of carbonyl (C=O) groups is 2. The van der Waals surface area contributed by atoms with E-state index in [1.807, 2.05) is 0 Å². The van der Waals surface area contributed by atoms with Gasteiger partial charge in [0.05, 0.1) is 9.21 Å². The maximum atomic E-state index is 12.4. The smallest absolute Gasteiger partial charge is 0.276 e. The first-order valence-electron chi connectivity index (χ1n) is 6.39. The minimum atomic E-state index is -0.561. The molecule has 0 radical (unpaired) electrons. The molecule has 3 rings (SSSR count). The Balaban J connectivity index is 1.83. The second-order valence-corrected chi connectivity index (χ2v) is 6.45. The van der Waals surface area contributed by atoms with Crippen LogP contribution in [0.4, 0.5) is 0 Å². The van der Waals surface area contributed by atoms with Gasteiger partial charge in [-0.3, -0.25) is 9.59 Å². The molecule has 1 aliphatic heterocycles. The Labute approximate surface area is 129 Å². The first-order chi connectivity index (χ1) is 10.1. The Hall–Kier alpha value is -1.86. The standard InChI is InChI=1S/C13H12ClN3O3S/c14-11-4-3-10(21-11)9-6-7(16-20-9)13(19)17-5-1-2-8(17)12(15)18/h3-4,6,8H,1-2,5H2,(H2,15,18)/t8-/m1/s1. The number of amides is 2. The molecule has 0 unspecified atom stereocenters. The predicted molar refractivity (Wildman–Crippen MR) is 78.1 cm³/mol. The van der Waals surface area contributed by atoms with Crippen LogP contribution in [-0.2, 0) is 4.79 Å². The minimum absolute atomic E-state index is 0.169. The summed E-state index contributed by atoms with van der Waals surface area (Å²) >= 11 is 7.20. The largest absolute Gasteiger partial charge is 0.368 e. The van der Waals surface area contributed by atoms with Crippen molar-refractivity contribution in [3.63, 3.8) is 0 Å². The number of halogens is 1. The van der Waals surface area contributed by atoms with E-state index in [4.69, 9.17) is 21.9 Å². The van der Waals surface area contributed by atoms with E-state index in [0.717, 1.165) is 11.3 Å². The number of nitrogens with two attached hydrogens (primary N) is 1. The van der Waals surface area contributed by atoms with Crippen LogP contribution < -0.4 is 5.73 Å². The number of likely N-dealkylation sites (tertiary alicyclic amines) is 1. The van der Waals surface area contributed by atoms with Crippen molar-refractivity contribution in [2.75, 3.05) is 6.54 Å². The molecule has 3 heterocycles. The molecule has 0 aromatic carbocycles. The summed E-state index contributed by atoms with van der Waals surface area (Å²) in [5, 5.41) is 3.79. The van der Waals surface area contributed by atoms with Gasteiger partial charge in [-0.15, -0.1) is 11.3 Å². The summed E-state index contributed by atoms with van der Waals surface area (Å²) in [4.78, 5) is 26.0. The third-order valence-electron chi connectivity index (χ3n) is 3.39. The fourth-order valence-corrected chi connectivity index (χ4v) is 3.38. The molecule has 0 bridgehead atoms. The summed E-state index contributed by atoms with van der Waals surface area (Å²) in [6.07, 6.45) is 1.34. The van der Waals surface area contributed by atoms with Crippen LogP contribution in [0.15, 0.2) is 22.7 Å². The van der Waals surface area contributed by atoms with Crippen molar-refractivity contribution < 1.29 is 14.1 Å². The number of hydrogen-bond donors (Lipinski definition) is 1. The second-order valence-electron chi connectivity index (χ2n) is 4.74. The Morgan fingerprint density at radius 2 is 2.29 bits per heavy atom. The van der Waals surface area contributed by atoms with Gasteiger partial charge in [0.2, 0.25) is 5.91 Å². The Morgan fingerprint density at radius 3 is 2.95 bits per heavy atom. The Kier molecular flexibility index (Phi) is 3.69. The highest BCUT2D eigenvalue weighted by Crippen LogP contribution is 2.31.